The lowest BCUT2D eigenvalue weighted by atomic mass is 9.79. The Labute approximate surface area is 200 Å². The van der Waals surface area contributed by atoms with Crippen molar-refractivity contribution in [2.24, 2.45) is 18.9 Å². The molecular weight excluding hydrogens is 428 g/mol. The number of pyridine rings is 2. The van der Waals surface area contributed by atoms with Gasteiger partial charge in [0.2, 0.25) is 5.91 Å². The summed E-state index contributed by atoms with van der Waals surface area (Å²) in [6, 6.07) is 6.78. The topological polar surface area (TPSA) is 102 Å². The Balaban J connectivity index is 1.51. The smallest absolute Gasteiger partial charge is 0.270 e. The van der Waals surface area contributed by atoms with Crippen LogP contribution in [0.25, 0.3) is 11.1 Å². The average molecular weight is 461 g/mol. The summed E-state index contributed by atoms with van der Waals surface area (Å²) in [6.45, 7) is 6.20. The highest BCUT2D eigenvalue weighted by Crippen LogP contribution is 2.31. The Morgan fingerprint density at radius 3 is 2.47 bits per heavy atom. The van der Waals surface area contributed by atoms with E-state index in [2.05, 4.69) is 32.6 Å². The first kappa shape index (κ1) is 23.6. The average Bonchev–Trinajstić information content (AvgIpc) is 3.26. The molecule has 3 aromatic heterocycles. The van der Waals surface area contributed by atoms with Crippen LogP contribution >= 0.6 is 0 Å². The monoisotopic (exact) mass is 460 g/mol. The first-order valence-electron chi connectivity index (χ1n) is 11.8. The summed E-state index contributed by atoms with van der Waals surface area (Å²) in [6.07, 6.45) is 9.07. The van der Waals surface area contributed by atoms with E-state index in [1.165, 1.54) is 4.68 Å². The molecule has 4 rings (SSSR count). The van der Waals surface area contributed by atoms with E-state index in [1.807, 2.05) is 32.2 Å². The first-order chi connectivity index (χ1) is 16.3. The molecule has 2 amide bonds. The number of nitrogens with one attached hydrogen (secondary N) is 2. The maximum absolute atomic E-state index is 13.3. The summed E-state index contributed by atoms with van der Waals surface area (Å²) >= 11 is 0. The van der Waals surface area contributed by atoms with Crippen LogP contribution in [0.15, 0.2) is 42.9 Å². The fourth-order valence-electron chi connectivity index (χ4n) is 4.60. The third kappa shape index (κ3) is 5.32. The standard InChI is InChI=1S/C26H32N6O2/c1-16-5-7-19(8-6-16)24(31-25(33)22-11-12-29-32(22)4)26(34)30-23-10-9-20(15-28-23)21-13-18(3)27-14-17(21)2/h9-16,19,24H,5-8H2,1-4H3,(H,31,33)(H,28,30,34)/t16-,19-,24-/m0/s1. The van der Waals surface area contributed by atoms with Crippen LogP contribution in [0.5, 0.6) is 0 Å². The summed E-state index contributed by atoms with van der Waals surface area (Å²) in [5.74, 6) is 0.635. The highest BCUT2D eigenvalue weighted by molar-refractivity contribution is 6.00. The number of hydrogen-bond donors (Lipinski definition) is 2. The van der Waals surface area contributed by atoms with Gasteiger partial charge in [-0.1, -0.05) is 19.8 Å². The number of rotatable bonds is 6. The van der Waals surface area contributed by atoms with Crippen molar-refractivity contribution < 1.29 is 9.59 Å². The van der Waals surface area contributed by atoms with E-state index < -0.39 is 6.04 Å². The molecule has 1 atom stereocenters. The van der Waals surface area contributed by atoms with Crippen LogP contribution in [0.4, 0.5) is 5.82 Å². The molecule has 178 valence electrons. The number of carbonyl (C=O) groups excluding carboxylic acids is 2. The molecule has 0 radical (unpaired) electrons. The van der Waals surface area contributed by atoms with Crippen LogP contribution in [0.2, 0.25) is 0 Å². The van der Waals surface area contributed by atoms with Crippen molar-refractivity contribution in [3.63, 3.8) is 0 Å². The number of anilines is 1. The minimum atomic E-state index is -0.638. The Hall–Kier alpha value is -3.55. The zero-order chi connectivity index (χ0) is 24.2. The maximum atomic E-state index is 13.3. The molecule has 34 heavy (non-hydrogen) atoms. The molecular formula is C26H32N6O2. The van der Waals surface area contributed by atoms with E-state index in [9.17, 15) is 9.59 Å². The van der Waals surface area contributed by atoms with Gasteiger partial charge in [0.1, 0.15) is 17.6 Å². The Morgan fingerprint density at radius 1 is 1.06 bits per heavy atom. The van der Waals surface area contributed by atoms with E-state index in [0.29, 0.717) is 17.4 Å². The molecule has 0 bridgehead atoms. The summed E-state index contributed by atoms with van der Waals surface area (Å²) in [5, 5.41) is 9.96. The van der Waals surface area contributed by atoms with E-state index in [0.717, 1.165) is 48.1 Å². The molecule has 0 spiro atoms. The van der Waals surface area contributed by atoms with Crippen LogP contribution in [-0.2, 0) is 11.8 Å². The summed E-state index contributed by atoms with van der Waals surface area (Å²) in [4.78, 5) is 35.0. The number of nitrogens with zero attached hydrogens (tertiary/aromatic N) is 4. The SMILES string of the molecule is Cc1cc(-c2ccc(NC(=O)[C@@H](NC(=O)c3ccnn3C)[C@H]3CC[C@H](C)CC3)nc2)c(C)cn1. The van der Waals surface area contributed by atoms with Crippen LogP contribution in [0.3, 0.4) is 0 Å². The molecule has 0 aliphatic heterocycles. The molecule has 1 aliphatic carbocycles. The molecule has 8 nitrogen and oxygen atoms in total. The molecule has 1 saturated carbocycles. The van der Waals surface area contributed by atoms with Gasteiger partial charge in [-0.25, -0.2) is 4.98 Å². The molecule has 3 heterocycles. The highest BCUT2D eigenvalue weighted by atomic mass is 16.2. The van der Waals surface area contributed by atoms with Crippen LogP contribution in [-0.4, -0.2) is 37.6 Å². The minimum absolute atomic E-state index is 0.0788. The van der Waals surface area contributed by atoms with Gasteiger partial charge in [0.25, 0.3) is 5.91 Å². The first-order valence-corrected chi connectivity index (χ1v) is 11.8. The normalized spacial score (nSPS) is 18.8. The van der Waals surface area contributed by atoms with Gasteiger partial charge < -0.3 is 10.6 Å². The molecule has 0 saturated heterocycles. The largest absolute Gasteiger partial charge is 0.339 e. The van der Waals surface area contributed by atoms with Gasteiger partial charge in [0, 0.05) is 36.9 Å². The molecule has 2 N–H and O–H groups in total. The van der Waals surface area contributed by atoms with Crippen molar-refractivity contribution in [3.05, 3.63) is 59.8 Å². The highest BCUT2D eigenvalue weighted by Gasteiger charge is 2.33. The van der Waals surface area contributed by atoms with E-state index in [-0.39, 0.29) is 17.7 Å². The fraction of sp³-hybridized carbons (Fsp3) is 0.423. The van der Waals surface area contributed by atoms with Gasteiger partial charge in [-0.05, 0) is 73.9 Å². The number of amides is 2. The Kier molecular flexibility index (Phi) is 7.05. The lowest BCUT2D eigenvalue weighted by molar-refractivity contribution is -0.119. The zero-order valence-electron chi connectivity index (χ0n) is 20.2. The molecule has 0 aromatic carbocycles. The second-order valence-corrected chi connectivity index (χ2v) is 9.37. The van der Waals surface area contributed by atoms with Crippen LogP contribution in [0, 0.1) is 25.7 Å². The van der Waals surface area contributed by atoms with E-state index in [1.54, 1.807) is 31.6 Å². The molecule has 8 heteroatoms. The van der Waals surface area contributed by atoms with E-state index in [4.69, 9.17) is 0 Å². The molecule has 1 fully saturated rings. The maximum Gasteiger partial charge on any atom is 0.270 e. The van der Waals surface area contributed by atoms with Crippen molar-refractivity contribution in [2.45, 2.75) is 52.5 Å². The van der Waals surface area contributed by atoms with Crippen molar-refractivity contribution in [3.8, 4) is 11.1 Å². The molecule has 3 aromatic rings. The van der Waals surface area contributed by atoms with Gasteiger partial charge in [-0.3, -0.25) is 19.3 Å². The predicted octanol–water partition coefficient (Wildman–Crippen LogP) is 4.06. The third-order valence-electron chi connectivity index (χ3n) is 6.72. The van der Waals surface area contributed by atoms with E-state index >= 15 is 0 Å². The minimum Gasteiger partial charge on any atom is -0.339 e. The summed E-state index contributed by atoms with van der Waals surface area (Å²) in [5.41, 5.74) is 4.45. The Morgan fingerprint density at radius 2 is 1.82 bits per heavy atom. The van der Waals surface area contributed by atoms with Gasteiger partial charge in [-0.2, -0.15) is 5.10 Å². The Bertz CT molecular complexity index is 1160. The number of carbonyl (C=O) groups is 2. The molecule has 0 unspecified atom stereocenters. The number of hydrogen-bond acceptors (Lipinski definition) is 5. The fourth-order valence-corrected chi connectivity index (χ4v) is 4.60. The quantitative estimate of drug-likeness (QED) is 0.578. The van der Waals surface area contributed by atoms with Crippen molar-refractivity contribution in [1.29, 1.82) is 0 Å². The van der Waals surface area contributed by atoms with Gasteiger partial charge >= 0.3 is 0 Å². The number of aryl methyl sites for hydroxylation is 3. The van der Waals surface area contributed by atoms with Gasteiger partial charge in [0.05, 0.1) is 0 Å². The van der Waals surface area contributed by atoms with Gasteiger partial charge in [-0.15, -0.1) is 0 Å². The third-order valence-corrected chi connectivity index (χ3v) is 6.72. The van der Waals surface area contributed by atoms with Crippen LogP contribution < -0.4 is 10.6 Å². The van der Waals surface area contributed by atoms with Crippen molar-refractivity contribution in [1.82, 2.24) is 25.1 Å². The lowest BCUT2D eigenvalue weighted by Gasteiger charge is -2.32. The second-order valence-electron chi connectivity index (χ2n) is 9.37. The number of aromatic nitrogens is 4. The van der Waals surface area contributed by atoms with Crippen molar-refractivity contribution in [2.75, 3.05) is 5.32 Å². The predicted molar refractivity (Wildman–Crippen MR) is 131 cm³/mol. The summed E-state index contributed by atoms with van der Waals surface area (Å²) in [7, 11) is 1.71. The zero-order valence-corrected chi connectivity index (χ0v) is 20.2. The second kappa shape index (κ2) is 10.2. The van der Waals surface area contributed by atoms with Gasteiger partial charge in [0.15, 0.2) is 0 Å². The van der Waals surface area contributed by atoms with Crippen LogP contribution in [0.1, 0.15) is 54.4 Å². The lowest BCUT2D eigenvalue weighted by Crippen LogP contribution is -2.49. The molecule has 1 aliphatic rings. The summed E-state index contributed by atoms with van der Waals surface area (Å²) < 4.78 is 1.51. The van der Waals surface area contributed by atoms with Crippen molar-refractivity contribution >= 4 is 17.6 Å².